The zero-order valence-corrected chi connectivity index (χ0v) is 16.0. The van der Waals surface area contributed by atoms with Crippen molar-refractivity contribution in [3.05, 3.63) is 81.9 Å². The SMILES string of the molecule is Cc1ccc2nc(CN3CCCN(C(=O)c4ccccc4)CC3)cc(=O)n2c1. The van der Waals surface area contributed by atoms with Gasteiger partial charge in [0.2, 0.25) is 0 Å². The fourth-order valence-electron chi connectivity index (χ4n) is 3.66. The molecule has 3 aromatic rings. The highest BCUT2D eigenvalue weighted by molar-refractivity contribution is 5.94. The fourth-order valence-corrected chi connectivity index (χ4v) is 3.66. The van der Waals surface area contributed by atoms with Gasteiger partial charge in [0, 0.05) is 50.6 Å². The van der Waals surface area contributed by atoms with Gasteiger partial charge < -0.3 is 4.90 Å². The lowest BCUT2D eigenvalue weighted by Crippen LogP contribution is -2.35. The molecular weight excluding hydrogens is 352 g/mol. The van der Waals surface area contributed by atoms with Crippen LogP contribution in [-0.2, 0) is 6.54 Å². The Hall–Kier alpha value is -2.99. The van der Waals surface area contributed by atoms with E-state index in [1.807, 2.05) is 60.5 Å². The molecule has 0 atom stereocenters. The van der Waals surface area contributed by atoms with Crippen molar-refractivity contribution in [1.82, 2.24) is 19.2 Å². The van der Waals surface area contributed by atoms with E-state index in [2.05, 4.69) is 9.88 Å². The molecular formula is C22H24N4O2. The first-order valence-corrected chi connectivity index (χ1v) is 9.66. The van der Waals surface area contributed by atoms with Gasteiger partial charge in [0.05, 0.1) is 5.69 Å². The average Bonchev–Trinajstić information content (AvgIpc) is 2.94. The third-order valence-corrected chi connectivity index (χ3v) is 5.14. The van der Waals surface area contributed by atoms with Gasteiger partial charge in [-0.1, -0.05) is 24.3 Å². The van der Waals surface area contributed by atoms with Gasteiger partial charge in [-0.15, -0.1) is 0 Å². The summed E-state index contributed by atoms with van der Waals surface area (Å²) in [6.45, 7) is 5.66. The maximum atomic E-state index is 12.7. The predicted molar refractivity (Wildman–Crippen MR) is 108 cm³/mol. The van der Waals surface area contributed by atoms with Crippen LogP contribution in [0.15, 0.2) is 59.5 Å². The molecule has 6 heteroatoms. The zero-order chi connectivity index (χ0) is 19.5. The quantitative estimate of drug-likeness (QED) is 0.704. The van der Waals surface area contributed by atoms with Crippen LogP contribution >= 0.6 is 0 Å². The maximum absolute atomic E-state index is 12.7. The number of hydrogen-bond acceptors (Lipinski definition) is 4. The number of benzene rings is 1. The van der Waals surface area contributed by atoms with Gasteiger partial charge in [-0.3, -0.25) is 18.9 Å². The number of rotatable bonds is 3. The van der Waals surface area contributed by atoms with Crippen LogP contribution in [0.25, 0.3) is 5.65 Å². The first-order chi connectivity index (χ1) is 13.6. The molecule has 6 nitrogen and oxygen atoms in total. The van der Waals surface area contributed by atoms with Crippen LogP contribution in [0.5, 0.6) is 0 Å². The van der Waals surface area contributed by atoms with Crippen molar-refractivity contribution in [1.29, 1.82) is 0 Å². The molecule has 0 aliphatic carbocycles. The van der Waals surface area contributed by atoms with Crippen molar-refractivity contribution >= 4 is 11.6 Å². The molecule has 1 fully saturated rings. The maximum Gasteiger partial charge on any atom is 0.258 e. The molecule has 0 saturated carbocycles. The minimum Gasteiger partial charge on any atom is -0.337 e. The summed E-state index contributed by atoms with van der Waals surface area (Å²) in [5, 5.41) is 0. The van der Waals surface area contributed by atoms with Crippen LogP contribution in [0.4, 0.5) is 0 Å². The summed E-state index contributed by atoms with van der Waals surface area (Å²) < 4.78 is 1.58. The first kappa shape index (κ1) is 18.4. The van der Waals surface area contributed by atoms with Gasteiger partial charge >= 0.3 is 0 Å². The molecule has 1 aliphatic rings. The molecule has 1 aliphatic heterocycles. The molecule has 1 aromatic carbocycles. The molecule has 3 heterocycles. The van der Waals surface area contributed by atoms with Crippen LogP contribution in [0.1, 0.15) is 28.0 Å². The molecule has 0 unspecified atom stereocenters. The summed E-state index contributed by atoms with van der Waals surface area (Å²) in [6, 6.07) is 14.9. The van der Waals surface area contributed by atoms with Crippen molar-refractivity contribution in [3.8, 4) is 0 Å². The van der Waals surface area contributed by atoms with Crippen molar-refractivity contribution in [2.45, 2.75) is 19.9 Å². The molecule has 0 N–H and O–H groups in total. The molecule has 1 amide bonds. The van der Waals surface area contributed by atoms with E-state index in [0.717, 1.165) is 42.9 Å². The van der Waals surface area contributed by atoms with Gasteiger partial charge in [0.15, 0.2) is 0 Å². The number of pyridine rings is 1. The number of aryl methyl sites for hydroxylation is 1. The van der Waals surface area contributed by atoms with E-state index in [1.165, 1.54) is 0 Å². The number of nitrogens with zero attached hydrogens (tertiary/aromatic N) is 4. The molecule has 0 bridgehead atoms. The third-order valence-electron chi connectivity index (χ3n) is 5.14. The number of fused-ring (bicyclic) bond motifs is 1. The van der Waals surface area contributed by atoms with Gasteiger partial charge in [0.25, 0.3) is 11.5 Å². The normalized spacial score (nSPS) is 15.5. The predicted octanol–water partition coefficient (Wildman–Crippen LogP) is 2.35. The highest BCUT2D eigenvalue weighted by Gasteiger charge is 2.20. The summed E-state index contributed by atoms with van der Waals surface area (Å²) in [5.41, 5.74) is 3.15. The molecule has 144 valence electrons. The summed E-state index contributed by atoms with van der Waals surface area (Å²) in [6.07, 6.45) is 2.72. The van der Waals surface area contributed by atoms with E-state index in [4.69, 9.17) is 0 Å². The molecule has 4 rings (SSSR count). The van der Waals surface area contributed by atoms with Crippen LogP contribution in [-0.4, -0.2) is 51.3 Å². The Balaban J connectivity index is 1.45. The second-order valence-corrected chi connectivity index (χ2v) is 7.31. The number of hydrogen-bond donors (Lipinski definition) is 0. The van der Waals surface area contributed by atoms with E-state index >= 15 is 0 Å². The van der Waals surface area contributed by atoms with E-state index in [-0.39, 0.29) is 11.5 Å². The molecule has 1 saturated heterocycles. The summed E-state index contributed by atoms with van der Waals surface area (Å²) >= 11 is 0. The lowest BCUT2D eigenvalue weighted by molar-refractivity contribution is 0.0761. The number of aromatic nitrogens is 2. The Kier molecular flexibility index (Phi) is 5.21. The van der Waals surface area contributed by atoms with Crippen molar-refractivity contribution in [3.63, 3.8) is 0 Å². The van der Waals surface area contributed by atoms with Gasteiger partial charge in [-0.05, 0) is 37.1 Å². The van der Waals surface area contributed by atoms with E-state index in [0.29, 0.717) is 18.7 Å². The Morgan fingerprint density at radius 1 is 1.04 bits per heavy atom. The van der Waals surface area contributed by atoms with Crippen molar-refractivity contribution < 1.29 is 4.79 Å². The molecule has 0 radical (unpaired) electrons. The van der Waals surface area contributed by atoms with Gasteiger partial charge in [-0.2, -0.15) is 0 Å². The third kappa shape index (κ3) is 3.97. The topological polar surface area (TPSA) is 57.9 Å². The summed E-state index contributed by atoms with van der Waals surface area (Å²) in [4.78, 5) is 33.9. The molecule has 0 spiro atoms. The Bertz CT molecular complexity index is 1050. The highest BCUT2D eigenvalue weighted by Crippen LogP contribution is 2.11. The number of carbonyl (C=O) groups excluding carboxylic acids is 1. The van der Waals surface area contributed by atoms with Crippen LogP contribution < -0.4 is 5.56 Å². The number of carbonyl (C=O) groups is 1. The fraction of sp³-hybridized carbons (Fsp3) is 0.318. The Labute approximate surface area is 164 Å². The summed E-state index contributed by atoms with van der Waals surface area (Å²) in [5.74, 6) is 0.0832. The van der Waals surface area contributed by atoms with E-state index in [1.54, 1.807) is 10.5 Å². The number of amides is 1. The van der Waals surface area contributed by atoms with Crippen LogP contribution in [0.2, 0.25) is 0 Å². The van der Waals surface area contributed by atoms with Crippen molar-refractivity contribution in [2.24, 2.45) is 0 Å². The lowest BCUT2D eigenvalue weighted by Gasteiger charge is -2.22. The second kappa shape index (κ2) is 7.94. The Morgan fingerprint density at radius 3 is 2.68 bits per heavy atom. The standard InChI is InChI=1S/C22H24N4O2/c1-17-8-9-20-23-19(14-21(27)26(20)15-17)16-24-10-5-11-25(13-12-24)22(28)18-6-3-2-4-7-18/h2-4,6-9,14-15H,5,10-13,16H2,1H3. The first-order valence-electron chi connectivity index (χ1n) is 9.66. The minimum atomic E-state index is -0.0561. The molecule has 28 heavy (non-hydrogen) atoms. The smallest absolute Gasteiger partial charge is 0.258 e. The Morgan fingerprint density at radius 2 is 1.86 bits per heavy atom. The van der Waals surface area contributed by atoms with Gasteiger partial charge in [0.1, 0.15) is 5.65 Å². The van der Waals surface area contributed by atoms with Crippen molar-refractivity contribution in [2.75, 3.05) is 26.2 Å². The van der Waals surface area contributed by atoms with E-state index in [9.17, 15) is 9.59 Å². The minimum absolute atomic E-state index is 0.0561. The van der Waals surface area contributed by atoms with Crippen LogP contribution in [0.3, 0.4) is 0 Å². The van der Waals surface area contributed by atoms with Gasteiger partial charge in [-0.25, -0.2) is 4.98 Å². The highest BCUT2D eigenvalue weighted by atomic mass is 16.2. The summed E-state index contributed by atoms with van der Waals surface area (Å²) in [7, 11) is 0. The lowest BCUT2D eigenvalue weighted by atomic mass is 10.2. The second-order valence-electron chi connectivity index (χ2n) is 7.31. The van der Waals surface area contributed by atoms with Crippen LogP contribution in [0, 0.1) is 6.92 Å². The van der Waals surface area contributed by atoms with E-state index < -0.39 is 0 Å². The molecule has 2 aromatic heterocycles. The monoisotopic (exact) mass is 376 g/mol. The average molecular weight is 376 g/mol. The largest absolute Gasteiger partial charge is 0.337 e. The zero-order valence-electron chi connectivity index (χ0n) is 16.0.